The Balaban J connectivity index is 2.12. The summed E-state index contributed by atoms with van der Waals surface area (Å²) in [6, 6.07) is 6.83. The lowest BCUT2D eigenvalue weighted by Gasteiger charge is -2.22. The maximum atomic E-state index is 12.3. The number of amides is 4. The van der Waals surface area contributed by atoms with Gasteiger partial charge in [0.1, 0.15) is 5.57 Å². The Morgan fingerprint density at radius 2 is 1.81 bits per heavy atom. The summed E-state index contributed by atoms with van der Waals surface area (Å²) in [4.78, 5) is 36.7. The lowest BCUT2D eigenvalue weighted by Crippen LogP contribution is -2.52. The van der Waals surface area contributed by atoms with Crippen LogP contribution in [0.2, 0.25) is 5.02 Å². The summed E-state index contributed by atoms with van der Waals surface area (Å²) < 4.78 is 2.02. The summed E-state index contributed by atoms with van der Waals surface area (Å²) in [5, 5.41) is 2.82. The highest BCUT2D eigenvalue weighted by Gasteiger charge is 2.33. The van der Waals surface area contributed by atoms with Crippen LogP contribution < -0.4 is 5.32 Å². The van der Waals surface area contributed by atoms with Crippen molar-refractivity contribution in [2.45, 2.75) is 20.8 Å². The molecule has 2 aromatic rings. The molecule has 2 heterocycles. The molecule has 1 aromatic heterocycles. The van der Waals surface area contributed by atoms with Crippen molar-refractivity contribution in [1.29, 1.82) is 0 Å². The molecule has 0 atom stereocenters. The number of barbiturate groups is 1. The number of hydrogen-bond donors (Lipinski definition) is 1. The summed E-state index contributed by atoms with van der Waals surface area (Å²) >= 11 is 6.24. The van der Waals surface area contributed by atoms with Crippen molar-refractivity contribution >= 4 is 35.5 Å². The van der Waals surface area contributed by atoms with Gasteiger partial charge in [0.15, 0.2) is 0 Å². The Labute approximate surface area is 156 Å². The van der Waals surface area contributed by atoms with E-state index in [1.807, 2.05) is 49.6 Å². The topological polar surface area (TPSA) is 71.4 Å². The van der Waals surface area contributed by atoms with E-state index in [4.69, 9.17) is 11.6 Å². The smallest absolute Gasteiger partial charge is 0.318 e. The quantitative estimate of drug-likeness (QED) is 0.651. The van der Waals surface area contributed by atoms with Gasteiger partial charge >= 0.3 is 6.03 Å². The van der Waals surface area contributed by atoms with Gasteiger partial charge in [0.05, 0.1) is 0 Å². The molecule has 1 aliphatic rings. The number of aromatic nitrogens is 1. The zero-order valence-corrected chi connectivity index (χ0v) is 15.6. The first-order valence-corrected chi connectivity index (χ1v) is 8.39. The highest BCUT2D eigenvalue weighted by atomic mass is 35.5. The molecule has 1 aromatic carbocycles. The van der Waals surface area contributed by atoms with E-state index in [2.05, 4.69) is 5.32 Å². The van der Waals surface area contributed by atoms with Crippen molar-refractivity contribution in [3.05, 3.63) is 57.4 Å². The second-order valence-corrected chi connectivity index (χ2v) is 6.63. The largest absolute Gasteiger partial charge is 0.331 e. The molecule has 1 N–H and O–H groups in total. The van der Waals surface area contributed by atoms with Crippen LogP contribution in [-0.4, -0.2) is 34.4 Å². The minimum Gasteiger partial charge on any atom is -0.318 e. The van der Waals surface area contributed by atoms with Gasteiger partial charge in [0.2, 0.25) is 0 Å². The molecule has 0 spiro atoms. The normalized spacial score (nSPS) is 16.4. The molecule has 0 saturated carbocycles. The van der Waals surface area contributed by atoms with Gasteiger partial charge in [-0.1, -0.05) is 17.7 Å². The van der Waals surface area contributed by atoms with Gasteiger partial charge in [-0.3, -0.25) is 19.8 Å². The average molecular weight is 372 g/mol. The van der Waals surface area contributed by atoms with Gasteiger partial charge in [-0.2, -0.15) is 0 Å². The van der Waals surface area contributed by atoms with Crippen LogP contribution in [0, 0.1) is 20.8 Å². The van der Waals surface area contributed by atoms with E-state index in [-0.39, 0.29) is 5.57 Å². The number of nitrogens with one attached hydrogen (secondary N) is 1. The molecular weight excluding hydrogens is 354 g/mol. The first kappa shape index (κ1) is 17.9. The highest BCUT2D eigenvalue weighted by molar-refractivity contribution is 6.31. The number of benzene rings is 1. The molecule has 26 heavy (non-hydrogen) atoms. The molecule has 0 unspecified atom stereocenters. The molecule has 0 aliphatic carbocycles. The monoisotopic (exact) mass is 371 g/mol. The number of halogens is 1. The Hall–Kier alpha value is -2.86. The second kappa shape index (κ2) is 6.46. The van der Waals surface area contributed by atoms with Gasteiger partial charge < -0.3 is 4.57 Å². The molecule has 1 saturated heterocycles. The lowest BCUT2D eigenvalue weighted by atomic mass is 10.1. The molecule has 1 aliphatic heterocycles. The van der Waals surface area contributed by atoms with Crippen molar-refractivity contribution in [3.8, 4) is 5.69 Å². The molecule has 0 bridgehead atoms. The van der Waals surface area contributed by atoms with E-state index in [9.17, 15) is 14.4 Å². The van der Waals surface area contributed by atoms with Gasteiger partial charge in [-0.15, -0.1) is 0 Å². The van der Waals surface area contributed by atoms with Gasteiger partial charge in [0.25, 0.3) is 11.8 Å². The molecular formula is C19H18ClN3O3. The van der Waals surface area contributed by atoms with Gasteiger partial charge in [-0.25, -0.2) is 4.79 Å². The number of carbonyl (C=O) groups is 3. The number of nitrogens with zero attached hydrogens (tertiary/aromatic N) is 2. The van der Waals surface area contributed by atoms with Crippen LogP contribution in [0.4, 0.5) is 4.79 Å². The number of rotatable bonds is 2. The van der Waals surface area contributed by atoms with Crippen molar-refractivity contribution < 1.29 is 14.4 Å². The second-order valence-electron chi connectivity index (χ2n) is 6.23. The van der Waals surface area contributed by atoms with E-state index >= 15 is 0 Å². The predicted octanol–water partition coefficient (Wildman–Crippen LogP) is 3.15. The maximum absolute atomic E-state index is 12.3. The molecule has 3 rings (SSSR count). The number of urea groups is 1. The van der Waals surface area contributed by atoms with Crippen molar-refractivity contribution in [2.24, 2.45) is 0 Å². The summed E-state index contributed by atoms with van der Waals surface area (Å²) in [7, 11) is 1.33. The minimum absolute atomic E-state index is 0.0739. The van der Waals surface area contributed by atoms with Crippen LogP contribution in [-0.2, 0) is 9.59 Å². The zero-order chi connectivity index (χ0) is 19.2. The third-order valence-corrected chi connectivity index (χ3v) is 4.96. The van der Waals surface area contributed by atoms with Crippen LogP contribution in [0.15, 0.2) is 29.8 Å². The molecule has 134 valence electrons. The van der Waals surface area contributed by atoms with Crippen molar-refractivity contribution in [1.82, 2.24) is 14.8 Å². The fourth-order valence-corrected chi connectivity index (χ4v) is 3.21. The van der Waals surface area contributed by atoms with E-state index in [0.717, 1.165) is 33.1 Å². The SMILES string of the molecule is Cc1c(Cl)cccc1-n1c(C)cc(C=C2C(=O)NC(=O)N(C)C2=O)c1C. The fraction of sp³-hybridized carbons (Fsp3) is 0.211. The Bertz CT molecular complexity index is 988. The zero-order valence-electron chi connectivity index (χ0n) is 14.9. The van der Waals surface area contributed by atoms with Crippen molar-refractivity contribution in [3.63, 3.8) is 0 Å². The van der Waals surface area contributed by atoms with E-state index in [0.29, 0.717) is 5.02 Å². The van der Waals surface area contributed by atoms with Crippen LogP contribution in [0.25, 0.3) is 11.8 Å². The maximum Gasteiger partial charge on any atom is 0.331 e. The first-order valence-electron chi connectivity index (χ1n) is 8.02. The first-order chi connectivity index (χ1) is 12.2. The molecule has 1 fully saturated rings. The summed E-state index contributed by atoms with van der Waals surface area (Å²) in [6.45, 7) is 5.78. The fourth-order valence-electron chi connectivity index (χ4n) is 3.04. The summed E-state index contributed by atoms with van der Waals surface area (Å²) in [5.74, 6) is -1.32. The minimum atomic E-state index is -0.725. The van der Waals surface area contributed by atoms with Gasteiger partial charge in [0, 0.05) is 29.1 Å². The van der Waals surface area contributed by atoms with Crippen LogP contribution in [0.3, 0.4) is 0 Å². The summed E-state index contributed by atoms with van der Waals surface area (Å²) in [5.41, 5.74) is 4.32. The third-order valence-electron chi connectivity index (χ3n) is 4.55. The van der Waals surface area contributed by atoms with Crippen LogP contribution >= 0.6 is 11.6 Å². The van der Waals surface area contributed by atoms with Crippen molar-refractivity contribution in [2.75, 3.05) is 7.05 Å². The van der Waals surface area contributed by atoms with Gasteiger partial charge in [-0.05, 0) is 56.2 Å². The number of imide groups is 2. The Morgan fingerprint density at radius 1 is 1.12 bits per heavy atom. The third kappa shape index (κ3) is 2.82. The van der Waals surface area contributed by atoms with E-state index in [1.54, 1.807) is 0 Å². The van der Waals surface area contributed by atoms with Crippen LogP contribution in [0.1, 0.15) is 22.5 Å². The Morgan fingerprint density at radius 3 is 2.50 bits per heavy atom. The molecule has 7 heteroatoms. The Kier molecular flexibility index (Phi) is 4.46. The number of likely N-dealkylation sites (N-methyl/N-ethyl adjacent to an activating group) is 1. The van der Waals surface area contributed by atoms with Crippen LogP contribution in [0.5, 0.6) is 0 Å². The highest BCUT2D eigenvalue weighted by Crippen LogP contribution is 2.28. The summed E-state index contributed by atoms with van der Waals surface area (Å²) in [6.07, 6.45) is 1.51. The predicted molar refractivity (Wildman–Crippen MR) is 99.3 cm³/mol. The lowest BCUT2D eigenvalue weighted by molar-refractivity contribution is -0.129. The number of hydrogen-bond acceptors (Lipinski definition) is 3. The molecule has 4 amide bonds. The molecule has 6 nitrogen and oxygen atoms in total. The standard InChI is InChI=1S/C19H18ClN3O3/c1-10-8-13(9-14-17(24)21-19(26)22(4)18(14)25)12(3)23(10)16-7-5-6-15(20)11(16)2/h5-9H,1-4H3,(H,21,24,26). The van der Waals surface area contributed by atoms with E-state index < -0.39 is 17.8 Å². The van der Waals surface area contributed by atoms with E-state index in [1.165, 1.54) is 13.1 Å². The number of aryl methyl sites for hydroxylation is 1. The molecule has 0 radical (unpaired) electrons. The average Bonchev–Trinajstić information content (AvgIpc) is 2.86. The number of carbonyl (C=O) groups excluding carboxylic acids is 3.